The minimum absolute atomic E-state index is 0.416. The van der Waals surface area contributed by atoms with Gasteiger partial charge in [-0.2, -0.15) is 0 Å². The molecule has 0 saturated carbocycles. The van der Waals surface area contributed by atoms with Gasteiger partial charge in [0.15, 0.2) is 0 Å². The topological polar surface area (TPSA) is 24.7 Å². The van der Waals surface area contributed by atoms with Crippen LogP contribution in [0.1, 0.15) is 0 Å². The van der Waals surface area contributed by atoms with Gasteiger partial charge in [0.25, 0.3) is 0 Å². The van der Waals surface area contributed by atoms with E-state index in [1.165, 1.54) is 0 Å². The van der Waals surface area contributed by atoms with Gasteiger partial charge in [0.05, 0.1) is 0 Å². The fraction of sp³-hybridized carbons (Fsp3) is 0.500. The van der Waals surface area contributed by atoms with Crippen LogP contribution in [0.5, 0.6) is 0 Å². The van der Waals surface area contributed by atoms with Gasteiger partial charge in [0, 0.05) is 0 Å². The summed E-state index contributed by atoms with van der Waals surface area (Å²) in [6.45, 7) is 0. The molecule has 1 unspecified atom stereocenters. The van der Waals surface area contributed by atoms with Gasteiger partial charge in [-0.25, -0.2) is 0 Å². The summed E-state index contributed by atoms with van der Waals surface area (Å²) >= 11 is 0. The van der Waals surface area contributed by atoms with Crippen molar-refractivity contribution in [3.8, 4) is 0 Å². The average Bonchev–Trinajstić information content (AvgIpc) is 1.68. The molecule has 7 heavy (non-hydrogen) atoms. The molecule has 0 aromatic rings. The molecule has 0 fully saturated rings. The van der Waals surface area contributed by atoms with E-state index in [0.29, 0.717) is 5.88 Å². The van der Waals surface area contributed by atoms with Crippen LogP contribution in [0.2, 0.25) is 0 Å². The Morgan fingerprint density at radius 2 is 2.14 bits per heavy atom. The molecule has 34 valence electrons. The molecule has 0 aromatic carbocycles. The van der Waals surface area contributed by atoms with Gasteiger partial charge in [0.1, 0.15) is 0 Å². The predicted molar refractivity (Wildman–Crippen MR) is 35.9 cm³/mol. The SMILES string of the molecule is [B]=NCS(=C)N=[B]. The van der Waals surface area contributed by atoms with Crippen LogP contribution in [-0.4, -0.2) is 27.0 Å². The molecule has 2 nitrogen and oxygen atoms in total. The molecule has 5 heteroatoms. The second-order valence-electron chi connectivity index (χ2n) is 0.879. The van der Waals surface area contributed by atoms with Crippen LogP contribution in [0.3, 0.4) is 0 Å². The van der Waals surface area contributed by atoms with Crippen molar-refractivity contribution in [2.75, 3.05) is 5.88 Å². The number of rotatable bonds is 3. The molecule has 0 aliphatic rings. The molecular formula is C2H4B2N2S. The normalized spacial score (nSPS) is 12.3. The zero-order chi connectivity index (χ0) is 5.70. The molecule has 0 spiro atoms. The first-order valence-electron chi connectivity index (χ1n) is 1.59. The van der Waals surface area contributed by atoms with Crippen molar-refractivity contribution in [1.29, 1.82) is 0 Å². The Bertz CT molecular complexity index is 102. The van der Waals surface area contributed by atoms with E-state index in [4.69, 9.17) is 15.3 Å². The van der Waals surface area contributed by atoms with Crippen LogP contribution in [0.4, 0.5) is 0 Å². The Morgan fingerprint density at radius 3 is 2.29 bits per heavy atom. The first-order chi connectivity index (χ1) is 3.31. The summed E-state index contributed by atoms with van der Waals surface area (Å²) in [5.41, 5.74) is 0. The second-order valence-corrected chi connectivity index (χ2v) is 2.27. The van der Waals surface area contributed by atoms with Crippen molar-refractivity contribution < 1.29 is 0 Å². The van der Waals surface area contributed by atoms with Crippen molar-refractivity contribution in [3.05, 3.63) is 0 Å². The predicted octanol–water partition coefficient (Wildman–Crippen LogP) is 0.264. The van der Waals surface area contributed by atoms with Gasteiger partial charge in [0.2, 0.25) is 0 Å². The maximum absolute atomic E-state index is 4.82. The average molecular weight is 110 g/mol. The monoisotopic (exact) mass is 110 g/mol. The maximum atomic E-state index is 4.82. The standard InChI is InChI=1S/C2H4B2N2S/c1-7(6-4)2-5-3/h1-2H2. The van der Waals surface area contributed by atoms with E-state index in [9.17, 15) is 0 Å². The van der Waals surface area contributed by atoms with Crippen molar-refractivity contribution in [2.45, 2.75) is 0 Å². The molecule has 0 aliphatic heterocycles. The quantitative estimate of drug-likeness (QED) is 0.367. The summed E-state index contributed by atoms with van der Waals surface area (Å²) in [7, 11) is 9.18. The molecule has 0 aromatic heterocycles. The van der Waals surface area contributed by atoms with Crippen molar-refractivity contribution in [3.63, 3.8) is 0 Å². The van der Waals surface area contributed by atoms with Crippen LogP contribution >= 0.6 is 10.7 Å². The van der Waals surface area contributed by atoms with Gasteiger partial charge in [-0.1, -0.05) is 0 Å². The van der Waals surface area contributed by atoms with E-state index in [2.05, 4.69) is 15.1 Å². The Labute approximate surface area is 47.6 Å². The molecule has 0 heterocycles. The molecule has 0 aliphatic carbocycles. The van der Waals surface area contributed by atoms with Gasteiger partial charge >= 0.3 is 46.9 Å². The summed E-state index contributed by atoms with van der Waals surface area (Å²) in [4.78, 5) is 3.28. The summed E-state index contributed by atoms with van der Waals surface area (Å²) < 4.78 is 3.32. The van der Waals surface area contributed by atoms with Crippen molar-refractivity contribution in [2.24, 2.45) is 9.20 Å². The van der Waals surface area contributed by atoms with E-state index in [1.54, 1.807) is 0 Å². The van der Waals surface area contributed by atoms with E-state index in [-0.39, 0.29) is 0 Å². The molecule has 2 radical (unpaired) electrons. The summed E-state index contributed by atoms with van der Waals surface area (Å²) in [6.07, 6.45) is 0. The summed E-state index contributed by atoms with van der Waals surface area (Å²) in [5, 5.41) is 0. The molecule has 0 N–H and O–H groups in total. The molecule has 0 bridgehead atoms. The third-order valence-electron chi connectivity index (χ3n) is 0.373. The number of nitrogens with zero attached hydrogens (tertiary/aromatic N) is 2. The molecule has 1 atom stereocenters. The van der Waals surface area contributed by atoms with Gasteiger partial charge in [-0.15, -0.1) is 0 Å². The Balaban J connectivity index is 3.36. The van der Waals surface area contributed by atoms with Gasteiger partial charge < -0.3 is 0 Å². The number of hydrogen-bond donors (Lipinski definition) is 0. The third-order valence-corrected chi connectivity index (χ3v) is 1.12. The summed E-state index contributed by atoms with van der Waals surface area (Å²) in [6, 6.07) is 0. The fourth-order valence-corrected chi connectivity index (χ4v) is 0.358. The molecule has 0 amide bonds. The van der Waals surface area contributed by atoms with Gasteiger partial charge in [-0.05, 0) is 0 Å². The first-order valence-corrected chi connectivity index (χ1v) is 3.11. The van der Waals surface area contributed by atoms with E-state index in [1.807, 2.05) is 0 Å². The zero-order valence-corrected chi connectivity index (χ0v) is 4.69. The van der Waals surface area contributed by atoms with Crippen LogP contribution in [0, 0.1) is 0 Å². The molecule has 0 saturated heterocycles. The molecule has 0 rings (SSSR count). The number of hydrogen-bond acceptors (Lipinski definition) is 2. The van der Waals surface area contributed by atoms with Crippen molar-refractivity contribution in [1.82, 2.24) is 0 Å². The Morgan fingerprint density at radius 1 is 1.57 bits per heavy atom. The minimum atomic E-state index is -0.416. The fourth-order valence-electron chi connectivity index (χ4n) is 0.119. The Kier molecular flexibility index (Phi) is 4.09. The van der Waals surface area contributed by atoms with E-state index < -0.39 is 10.7 Å². The first kappa shape index (κ1) is 6.95. The zero-order valence-electron chi connectivity index (χ0n) is 3.87. The summed E-state index contributed by atoms with van der Waals surface area (Å²) in [5.74, 6) is 3.94. The van der Waals surface area contributed by atoms with E-state index >= 15 is 0 Å². The third kappa shape index (κ3) is 3.79. The molecular weight excluding hydrogens is 106 g/mol. The van der Waals surface area contributed by atoms with Crippen LogP contribution in [-0.2, 0) is 0 Å². The van der Waals surface area contributed by atoms with Gasteiger partial charge in [-0.3, -0.25) is 0 Å². The van der Waals surface area contributed by atoms with Crippen LogP contribution in [0.25, 0.3) is 0 Å². The van der Waals surface area contributed by atoms with E-state index in [0.717, 1.165) is 0 Å². The second kappa shape index (κ2) is 4.12. The van der Waals surface area contributed by atoms with Crippen molar-refractivity contribution >= 4 is 31.8 Å². The Hall–Kier alpha value is -0.0501. The van der Waals surface area contributed by atoms with Crippen LogP contribution < -0.4 is 0 Å². The van der Waals surface area contributed by atoms with Crippen LogP contribution in [0.15, 0.2) is 9.20 Å².